The van der Waals surface area contributed by atoms with E-state index in [2.05, 4.69) is 53.8 Å². The molecule has 1 amide bonds. The number of ether oxygens (including phenoxy) is 1. The van der Waals surface area contributed by atoms with Crippen LogP contribution < -0.4 is 10.1 Å². The third-order valence-corrected chi connectivity index (χ3v) is 5.60. The molecule has 2 aromatic heterocycles. The van der Waals surface area contributed by atoms with Gasteiger partial charge in [0.2, 0.25) is 0 Å². The summed E-state index contributed by atoms with van der Waals surface area (Å²) in [5, 5.41) is 2.97. The van der Waals surface area contributed by atoms with Gasteiger partial charge in [0.15, 0.2) is 0 Å². The van der Waals surface area contributed by atoms with Crippen LogP contribution in [0.4, 0.5) is 0 Å². The van der Waals surface area contributed by atoms with E-state index in [0.29, 0.717) is 18.7 Å². The van der Waals surface area contributed by atoms with Crippen LogP contribution >= 0.6 is 0 Å². The number of carbonyl (C=O) groups excluding carboxylic acids is 1. The van der Waals surface area contributed by atoms with Crippen LogP contribution in [0.3, 0.4) is 0 Å². The molecule has 0 aliphatic heterocycles. The van der Waals surface area contributed by atoms with Gasteiger partial charge < -0.3 is 14.6 Å². The van der Waals surface area contributed by atoms with Crippen molar-refractivity contribution in [2.24, 2.45) is 0 Å². The number of carbonyl (C=O) groups is 1. The standard InChI is InChI=1S/C27H30N4O2/c1-27(2,3)21-9-11-22(12-10-21)33-18-6-17-31-24-8-5-4-7-23(24)30-25(31)19-29-26(32)20-13-15-28-16-14-20/h4-5,7-16H,6,17-19H2,1-3H3,(H,29,32). The highest BCUT2D eigenvalue weighted by Gasteiger charge is 2.14. The zero-order chi connectivity index (χ0) is 23.3. The lowest BCUT2D eigenvalue weighted by Crippen LogP contribution is -2.25. The molecular weight excluding hydrogens is 412 g/mol. The van der Waals surface area contributed by atoms with E-state index in [4.69, 9.17) is 9.72 Å². The van der Waals surface area contributed by atoms with Crippen LogP contribution in [-0.4, -0.2) is 27.0 Å². The van der Waals surface area contributed by atoms with Gasteiger partial charge in [-0.05, 0) is 53.8 Å². The van der Waals surface area contributed by atoms with Gasteiger partial charge in [-0.1, -0.05) is 45.0 Å². The zero-order valence-electron chi connectivity index (χ0n) is 19.4. The summed E-state index contributed by atoms with van der Waals surface area (Å²) in [4.78, 5) is 21.2. The fourth-order valence-corrected chi connectivity index (χ4v) is 3.74. The molecule has 0 radical (unpaired) electrons. The van der Waals surface area contributed by atoms with Crippen LogP contribution in [-0.2, 0) is 18.5 Å². The van der Waals surface area contributed by atoms with Crippen LogP contribution in [0.1, 0.15) is 48.9 Å². The molecule has 1 N–H and O–H groups in total. The van der Waals surface area contributed by atoms with Crippen molar-refractivity contribution in [3.8, 4) is 5.75 Å². The van der Waals surface area contributed by atoms with E-state index < -0.39 is 0 Å². The van der Waals surface area contributed by atoms with Crippen molar-refractivity contribution in [2.45, 2.75) is 45.7 Å². The SMILES string of the molecule is CC(C)(C)c1ccc(OCCCn2c(CNC(=O)c3ccncc3)nc3ccccc32)cc1. The number of aromatic nitrogens is 3. The average molecular weight is 443 g/mol. The number of imidazole rings is 1. The van der Waals surface area contributed by atoms with Crippen LogP contribution in [0.2, 0.25) is 0 Å². The second-order valence-electron chi connectivity index (χ2n) is 9.06. The maximum Gasteiger partial charge on any atom is 0.251 e. The Morgan fingerprint density at radius 2 is 1.73 bits per heavy atom. The van der Waals surface area contributed by atoms with Crippen molar-refractivity contribution < 1.29 is 9.53 Å². The summed E-state index contributed by atoms with van der Waals surface area (Å²) in [6, 6.07) is 19.8. The first kappa shape index (κ1) is 22.5. The molecule has 0 saturated heterocycles. The highest BCUT2D eigenvalue weighted by Crippen LogP contribution is 2.24. The predicted molar refractivity (Wildman–Crippen MR) is 130 cm³/mol. The number of para-hydroxylation sites is 2. The third kappa shape index (κ3) is 5.58. The van der Waals surface area contributed by atoms with Crippen molar-refractivity contribution in [1.29, 1.82) is 0 Å². The normalized spacial score (nSPS) is 11.5. The minimum Gasteiger partial charge on any atom is -0.494 e. The fourth-order valence-electron chi connectivity index (χ4n) is 3.74. The van der Waals surface area contributed by atoms with E-state index in [1.54, 1.807) is 24.5 Å². The molecule has 0 fully saturated rings. The third-order valence-electron chi connectivity index (χ3n) is 5.60. The number of nitrogens with zero attached hydrogens (tertiary/aromatic N) is 3. The first-order valence-corrected chi connectivity index (χ1v) is 11.3. The number of benzene rings is 2. The minimum absolute atomic E-state index is 0.129. The lowest BCUT2D eigenvalue weighted by atomic mass is 9.87. The molecule has 170 valence electrons. The summed E-state index contributed by atoms with van der Waals surface area (Å²) in [5.74, 6) is 1.56. The topological polar surface area (TPSA) is 69.0 Å². The van der Waals surface area contributed by atoms with Gasteiger partial charge in [-0.3, -0.25) is 9.78 Å². The maximum absolute atomic E-state index is 12.5. The molecule has 0 spiro atoms. The van der Waals surface area contributed by atoms with E-state index in [0.717, 1.165) is 35.6 Å². The van der Waals surface area contributed by atoms with Gasteiger partial charge in [-0.25, -0.2) is 4.98 Å². The lowest BCUT2D eigenvalue weighted by molar-refractivity contribution is 0.0949. The molecule has 0 saturated carbocycles. The number of pyridine rings is 1. The minimum atomic E-state index is -0.141. The Labute approximate surface area is 194 Å². The predicted octanol–water partition coefficient (Wildman–Crippen LogP) is 5.13. The highest BCUT2D eigenvalue weighted by atomic mass is 16.5. The summed E-state index contributed by atoms with van der Waals surface area (Å²) in [7, 11) is 0. The first-order valence-electron chi connectivity index (χ1n) is 11.3. The molecule has 0 aliphatic rings. The van der Waals surface area contributed by atoms with Crippen molar-refractivity contribution in [2.75, 3.05) is 6.61 Å². The number of fused-ring (bicyclic) bond motifs is 1. The van der Waals surface area contributed by atoms with Gasteiger partial charge >= 0.3 is 0 Å². The van der Waals surface area contributed by atoms with E-state index in [-0.39, 0.29) is 11.3 Å². The molecule has 2 heterocycles. The van der Waals surface area contributed by atoms with Gasteiger partial charge in [0.05, 0.1) is 24.2 Å². The van der Waals surface area contributed by atoms with E-state index in [9.17, 15) is 4.79 Å². The molecule has 6 nitrogen and oxygen atoms in total. The number of aryl methyl sites for hydroxylation is 1. The van der Waals surface area contributed by atoms with Crippen LogP contribution in [0.25, 0.3) is 11.0 Å². The number of hydrogen-bond acceptors (Lipinski definition) is 4. The van der Waals surface area contributed by atoms with Crippen LogP contribution in [0.15, 0.2) is 73.1 Å². The van der Waals surface area contributed by atoms with Gasteiger partial charge in [0.25, 0.3) is 5.91 Å². The number of amides is 1. The molecular formula is C27H30N4O2. The summed E-state index contributed by atoms with van der Waals surface area (Å²) < 4.78 is 8.13. The number of nitrogens with one attached hydrogen (secondary N) is 1. The van der Waals surface area contributed by atoms with Crippen molar-refractivity contribution in [3.05, 3.63) is 90.0 Å². The maximum atomic E-state index is 12.5. The Hall–Kier alpha value is -3.67. The molecule has 0 aliphatic carbocycles. The smallest absolute Gasteiger partial charge is 0.251 e. The van der Waals surface area contributed by atoms with Crippen molar-refractivity contribution >= 4 is 16.9 Å². The number of hydrogen-bond donors (Lipinski definition) is 1. The Balaban J connectivity index is 1.39. The van der Waals surface area contributed by atoms with Crippen molar-refractivity contribution in [3.63, 3.8) is 0 Å². The van der Waals surface area contributed by atoms with E-state index in [1.165, 1.54) is 5.56 Å². The number of rotatable bonds is 8. The summed E-state index contributed by atoms with van der Waals surface area (Å²) in [6.45, 7) is 8.32. The first-order chi connectivity index (χ1) is 15.9. The Kier molecular flexibility index (Phi) is 6.73. The molecule has 33 heavy (non-hydrogen) atoms. The summed E-state index contributed by atoms with van der Waals surface area (Å²) >= 11 is 0. The van der Waals surface area contributed by atoms with Crippen molar-refractivity contribution in [1.82, 2.24) is 19.9 Å². The van der Waals surface area contributed by atoms with Crippen LogP contribution in [0, 0.1) is 0 Å². The molecule has 4 rings (SSSR count). The molecule has 4 aromatic rings. The quantitative estimate of drug-likeness (QED) is 0.384. The lowest BCUT2D eigenvalue weighted by Gasteiger charge is -2.19. The van der Waals surface area contributed by atoms with E-state index >= 15 is 0 Å². The molecule has 0 bridgehead atoms. The summed E-state index contributed by atoms with van der Waals surface area (Å²) in [6.07, 6.45) is 4.05. The Morgan fingerprint density at radius 1 is 1.00 bits per heavy atom. The van der Waals surface area contributed by atoms with Gasteiger partial charge in [0, 0.05) is 24.5 Å². The zero-order valence-corrected chi connectivity index (χ0v) is 19.4. The van der Waals surface area contributed by atoms with Gasteiger partial charge in [0.1, 0.15) is 11.6 Å². The second-order valence-corrected chi connectivity index (χ2v) is 9.06. The average Bonchev–Trinajstić information content (AvgIpc) is 3.18. The van der Waals surface area contributed by atoms with E-state index in [1.807, 2.05) is 30.3 Å². The Morgan fingerprint density at radius 3 is 2.45 bits per heavy atom. The molecule has 2 aromatic carbocycles. The fraction of sp³-hybridized carbons (Fsp3) is 0.296. The van der Waals surface area contributed by atoms with Crippen LogP contribution in [0.5, 0.6) is 5.75 Å². The largest absolute Gasteiger partial charge is 0.494 e. The highest BCUT2D eigenvalue weighted by molar-refractivity contribution is 5.93. The van der Waals surface area contributed by atoms with Gasteiger partial charge in [-0.2, -0.15) is 0 Å². The molecule has 0 atom stereocenters. The second kappa shape index (κ2) is 9.86. The molecule has 6 heteroatoms. The summed E-state index contributed by atoms with van der Waals surface area (Å²) in [5.41, 5.74) is 3.98. The monoisotopic (exact) mass is 442 g/mol. The van der Waals surface area contributed by atoms with Gasteiger partial charge in [-0.15, -0.1) is 0 Å². The molecule has 0 unspecified atom stereocenters. The Bertz CT molecular complexity index is 1210.